The molecule has 0 N–H and O–H groups in total. The molecule has 0 saturated heterocycles. The molecule has 0 bridgehead atoms. The highest BCUT2D eigenvalue weighted by molar-refractivity contribution is 8.08. The second-order valence-corrected chi connectivity index (χ2v) is 11.8. The Bertz CT molecular complexity index is 808. The van der Waals surface area contributed by atoms with Crippen LogP contribution in [-0.2, 0) is 21.6 Å². The maximum absolute atomic E-state index is 13.3. The van der Waals surface area contributed by atoms with E-state index in [4.69, 9.17) is 0 Å². The first-order chi connectivity index (χ1) is 15.5. The van der Waals surface area contributed by atoms with Crippen molar-refractivity contribution in [2.45, 2.75) is 101 Å². The normalized spacial score (nSPS) is 13.0. The van der Waals surface area contributed by atoms with Crippen LogP contribution < -0.4 is 0 Å². The topological polar surface area (TPSA) is 34.1 Å². The predicted molar refractivity (Wildman–Crippen MR) is 140 cm³/mol. The average molecular weight is 473 g/mol. The van der Waals surface area contributed by atoms with Gasteiger partial charge >= 0.3 is 0 Å². The van der Waals surface area contributed by atoms with Crippen LogP contribution in [-0.4, -0.2) is 8.42 Å². The lowest BCUT2D eigenvalue weighted by Crippen LogP contribution is -2.04. The smallest absolute Gasteiger partial charge is 0.109 e. The molecule has 0 heterocycles. The third-order valence-electron chi connectivity index (χ3n) is 5.70. The quantitative estimate of drug-likeness (QED) is 0.244. The first-order valence-electron chi connectivity index (χ1n) is 12.2. The van der Waals surface area contributed by atoms with Gasteiger partial charge in [0, 0.05) is 9.79 Å². The molecule has 0 unspecified atom stereocenters. The van der Waals surface area contributed by atoms with E-state index >= 15 is 0 Å². The summed E-state index contributed by atoms with van der Waals surface area (Å²) in [4.78, 5) is 1.43. The molecule has 2 nitrogen and oxygen atoms in total. The molecule has 0 fully saturated rings. The number of allylic oxidation sites excluding steroid dienone is 1. The minimum atomic E-state index is -1.42. The molecule has 2 atom stereocenters. The zero-order valence-electron chi connectivity index (χ0n) is 20.1. The Labute approximate surface area is 200 Å². The summed E-state index contributed by atoms with van der Waals surface area (Å²) in [7, 11) is -2.84. The summed E-state index contributed by atoms with van der Waals surface area (Å²) in [6.45, 7) is 6.28. The molecular weight excluding hydrogens is 432 g/mol. The van der Waals surface area contributed by atoms with Gasteiger partial charge in [0.15, 0.2) is 0 Å². The summed E-state index contributed by atoms with van der Waals surface area (Å²) in [6.07, 6.45) is 15.7. The van der Waals surface area contributed by atoms with E-state index in [2.05, 4.69) is 6.92 Å². The van der Waals surface area contributed by atoms with Gasteiger partial charge in [-0.15, -0.1) is 0 Å². The lowest BCUT2D eigenvalue weighted by atomic mass is 10.1. The van der Waals surface area contributed by atoms with Crippen LogP contribution in [0.25, 0.3) is 0 Å². The molecule has 176 valence electrons. The SMILES string of the molecule is CCCCCCCCCCCCC=C([S@@](=O)c1ccc(C)cc1)[S@@](=O)c1ccc(C)cc1. The third-order valence-corrected chi connectivity index (χ3v) is 9.08. The standard InChI is InChI=1S/C28H40O2S2/c1-4-5-6-7-8-9-10-11-12-13-14-15-28(31(29)26-20-16-24(2)17-21-26)32(30)27-22-18-25(3)19-23-27/h15-23H,4-14H2,1-3H3/t31-,32-/m0/s1. The highest BCUT2D eigenvalue weighted by atomic mass is 32.2. The van der Waals surface area contributed by atoms with Crippen molar-refractivity contribution < 1.29 is 8.42 Å². The minimum absolute atomic E-state index is 0.522. The third kappa shape index (κ3) is 9.54. The molecule has 2 aromatic carbocycles. The van der Waals surface area contributed by atoms with E-state index in [1.54, 1.807) is 0 Å². The first-order valence-corrected chi connectivity index (χ1v) is 14.5. The molecule has 0 aliphatic heterocycles. The van der Waals surface area contributed by atoms with Gasteiger partial charge in [0.1, 0.15) is 4.24 Å². The van der Waals surface area contributed by atoms with Crippen molar-refractivity contribution in [1.29, 1.82) is 0 Å². The fourth-order valence-electron chi connectivity index (χ4n) is 3.63. The molecule has 2 aromatic rings. The van der Waals surface area contributed by atoms with Gasteiger partial charge in [0.05, 0.1) is 21.6 Å². The van der Waals surface area contributed by atoms with E-state index in [9.17, 15) is 8.42 Å². The van der Waals surface area contributed by atoms with Crippen LogP contribution >= 0.6 is 0 Å². The Morgan fingerprint density at radius 2 is 1.00 bits per heavy atom. The molecule has 0 aromatic heterocycles. The lowest BCUT2D eigenvalue weighted by molar-refractivity contribution is 0.557. The Balaban J connectivity index is 1.93. The molecule has 0 aliphatic rings. The van der Waals surface area contributed by atoms with Gasteiger partial charge in [-0.05, 0) is 51.0 Å². The van der Waals surface area contributed by atoms with Gasteiger partial charge in [-0.2, -0.15) is 0 Å². The first kappa shape index (κ1) is 26.7. The Morgan fingerprint density at radius 1 is 0.625 bits per heavy atom. The van der Waals surface area contributed by atoms with Crippen LogP contribution in [0.2, 0.25) is 0 Å². The van der Waals surface area contributed by atoms with Gasteiger partial charge < -0.3 is 0 Å². The van der Waals surface area contributed by atoms with E-state index in [1.165, 1.54) is 57.8 Å². The van der Waals surface area contributed by atoms with Crippen molar-refractivity contribution in [1.82, 2.24) is 0 Å². The van der Waals surface area contributed by atoms with Crippen molar-refractivity contribution in [3.8, 4) is 0 Å². The number of hydrogen-bond donors (Lipinski definition) is 0. The molecule has 2 rings (SSSR count). The van der Waals surface area contributed by atoms with Gasteiger partial charge in [0.25, 0.3) is 0 Å². The number of rotatable bonds is 15. The number of aryl methyl sites for hydroxylation is 2. The summed E-state index contributed by atoms with van der Waals surface area (Å²) >= 11 is 0. The summed E-state index contributed by atoms with van der Waals surface area (Å²) < 4.78 is 27.1. The van der Waals surface area contributed by atoms with Crippen LogP contribution in [0.4, 0.5) is 0 Å². The molecular formula is C28H40O2S2. The van der Waals surface area contributed by atoms with Crippen molar-refractivity contribution >= 4 is 21.6 Å². The fourth-order valence-corrected chi connectivity index (χ4v) is 6.52. The zero-order valence-corrected chi connectivity index (χ0v) is 21.7. The monoisotopic (exact) mass is 472 g/mol. The van der Waals surface area contributed by atoms with Crippen molar-refractivity contribution in [2.75, 3.05) is 0 Å². The fraction of sp³-hybridized carbons (Fsp3) is 0.500. The lowest BCUT2D eigenvalue weighted by Gasteiger charge is -2.09. The maximum atomic E-state index is 13.3. The summed E-state index contributed by atoms with van der Waals surface area (Å²) in [5.74, 6) is 0. The summed E-state index contributed by atoms with van der Waals surface area (Å²) in [6, 6.07) is 15.4. The van der Waals surface area contributed by atoms with E-state index in [0.29, 0.717) is 14.0 Å². The molecule has 0 saturated carbocycles. The Morgan fingerprint density at radius 3 is 1.41 bits per heavy atom. The second-order valence-electron chi connectivity index (χ2n) is 8.66. The number of benzene rings is 2. The molecule has 32 heavy (non-hydrogen) atoms. The van der Waals surface area contributed by atoms with Crippen LogP contribution in [0.15, 0.2) is 68.6 Å². The summed E-state index contributed by atoms with van der Waals surface area (Å²) in [5.41, 5.74) is 2.25. The second kappa shape index (κ2) is 15.3. The van der Waals surface area contributed by atoms with Crippen LogP contribution in [0.1, 0.15) is 88.7 Å². The Kier molecular flexibility index (Phi) is 12.8. The largest absolute Gasteiger partial charge is 0.248 e. The summed E-state index contributed by atoms with van der Waals surface area (Å²) in [5, 5.41) is 0. The highest BCUT2D eigenvalue weighted by Gasteiger charge is 2.18. The van der Waals surface area contributed by atoms with Gasteiger partial charge in [-0.1, -0.05) is 106 Å². The molecule has 0 amide bonds. The predicted octanol–water partition coefficient (Wildman–Crippen LogP) is 8.37. The molecule has 0 radical (unpaired) electrons. The van der Waals surface area contributed by atoms with Crippen LogP contribution in [0.3, 0.4) is 0 Å². The van der Waals surface area contributed by atoms with Crippen LogP contribution in [0.5, 0.6) is 0 Å². The molecule has 4 heteroatoms. The van der Waals surface area contributed by atoms with Crippen LogP contribution in [0, 0.1) is 13.8 Å². The van der Waals surface area contributed by atoms with Gasteiger partial charge in [0.2, 0.25) is 0 Å². The van der Waals surface area contributed by atoms with Gasteiger partial charge in [-0.25, -0.2) is 8.42 Å². The number of hydrogen-bond acceptors (Lipinski definition) is 2. The van der Waals surface area contributed by atoms with E-state index in [-0.39, 0.29) is 0 Å². The molecule has 0 aliphatic carbocycles. The Hall–Kier alpha value is -1.52. The minimum Gasteiger partial charge on any atom is -0.248 e. The van der Waals surface area contributed by atoms with Crippen molar-refractivity contribution in [3.05, 3.63) is 70.0 Å². The van der Waals surface area contributed by atoms with E-state index in [1.807, 2.05) is 68.5 Å². The number of unbranched alkanes of at least 4 members (excludes halogenated alkanes) is 10. The highest BCUT2D eigenvalue weighted by Crippen LogP contribution is 2.24. The van der Waals surface area contributed by atoms with Crippen molar-refractivity contribution in [3.63, 3.8) is 0 Å². The maximum Gasteiger partial charge on any atom is 0.109 e. The molecule has 0 spiro atoms. The van der Waals surface area contributed by atoms with Crippen molar-refractivity contribution in [2.24, 2.45) is 0 Å². The van der Waals surface area contributed by atoms with Gasteiger partial charge in [-0.3, -0.25) is 0 Å². The van der Waals surface area contributed by atoms with E-state index < -0.39 is 21.6 Å². The zero-order chi connectivity index (χ0) is 23.2. The van der Waals surface area contributed by atoms with E-state index in [0.717, 1.165) is 24.0 Å². The average Bonchev–Trinajstić information content (AvgIpc) is 2.80.